The first-order valence-electron chi connectivity index (χ1n) is 7.41. The Morgan fingerprint density at radius 1 is 1.20 bits per heavy atom. The molecule has 0 spiro atoms. The minimum atomic E-state index is -0.435. The van der Waals surface area contributed by atoms with Crippen LogP contribution in [-0.2, 0) is 0 Å². The van der Waals surface area contributed by atoms with Gasteiger partial charge >= 0.3 is 0 Å². The lowest BCUT2D eigenvalue weighted by atomic mass is 10.2. The number of para-hydroxylation sites is 1. The van der Waals surface area contributed by atoms with E-state index in [-0.39, 0.29) is 11.6 Å². The van der Waals surface area contributed by atoms with E-state index in [1.165, 1.54) is 0 Å². The number of nitriles is 1. The van der Waals surface area contributed by atoms with Crippen LogP contribution in [0.1, 0.15) is 27.5 Å². The summed E-state index contributed by atoms with van der Waals surface area (Å²) in [5.74, 6) is 0.687. The molecule has 1 amide bonds. The summed E-state index contributed by atoms with van der Waals surface area (Å²) in [5, 5.41) is 18.4. The Balaban J connectivity index is 1.85. The van der Waals surface area contributed by atoms with Crippen molar-refractivity contribution in [1.29, 1.82) is 5.26 Å². The van der Waals surface area contributed by atoms with Crippen LogP contribution in [0.3, 0.4) is 0 Å². The first-order valence-corrected chi connectivity index (χ1v) is 7.41. The molecule has 0 aliphatic rings. The molecule has 124 valence electrons. The first kappa shape index (κ1) is 16.1. The monoisotopic (exact) mass is 334 g/mol. The molecule has 0 radical (unpaired) electrons. The van der Waals surface area contributed by atoms with Gasteiger partial charge in [-0.2, -0.15) is 5.26 Å². The molecule has 0 saturated carbocycles. The number of rotatable bonds is 4. The van der Waals surface area contributed by atoms with Crippen molar-refractivity contribution < 1.29 is 9.32 Å². The molecule has 3 rings (SSSR count). The van der Waals surface area contributed by atoms with Gasteiger partial charge in [0.1, 0.15) is 17.5 Å². The highest BCUT2D eigenvalue weighted by Crippen LogP contribution is 2.18. The molecular weight excluding hydrogens is 320 g/mol. The van der Waals surface area contributed by atoms with Gasteiger partial charge in [0.15, 0.2) is 5.82 Å². The molecule has 0 fully saturated rings. The second kappa shape index (κ2) is 6.80. The van der Waals surface area contributed by atoms with Crippen molar-refractivity contribution in [2.45, 2.75) is 13.8 Å². The van der Waals surface area contributed by atoms with E-state index in [0.29, 0.717) is 28.5 Å². The molecule has 2 aromatic heterocycles. The van der Waals surface area contributed by atoms with E-state index in [4.69, 9.17) is 9.78 Å². The Labute approximate surface area is 143 Å². The van der Waals surface area contributed by atoms with Gasteiger partial charge in [-0.15, -0.1) is 0 Å². The number of benzene rings is 1. The average Bonchev–Trinajstić information content (AvgIpc) is 2.99. The van der Waals surface area contributed by atoms with E-state index in [1.807, 2.05) is 0 Å². The van der Waals surface area contributed by atoms with Gasteiger partial charge < -0.3 is 15.2 Å². The summed E-state index contributed by atoms with van der Waals surface area (Å²) in [4.78, 5) is 20.8. The summed E-state index contributed by atoms with van der Waals surface area (Å²) in [6, 6.07) is 12.2. The number of aromatic nitrogens is 3. The van der Waals surface area contributed by atoms with Crippen molar-refractivity contribution in [3.05, 3.63) is 59.1 Å². The molecule has 0 aliphatic carbocycles. The van der Waals surface area contributed by atoms with Gasteiger partial charge in [0.25, 0.3) is 5.91 Å². The van der Waals surface area contributed by atoms with E-state index >= 15 is 0 Å². The third-order valence-electron chi connectivity index (χ3n) is 3.25. The summed E-state index contributed by atoms with van der Waals surface area (Å²) < 4.78 is 4.91. The van der Waals surface area contributed by atoms with E-state index < -0.39 is 5.91 Å². The average molecular weight is 334 g/mol. The summed E-state index contributed by atoms with van der Waals surface area (Å²) in [6.07, 6.45) is 0. The maximum absolute atomic E-state index is 12.3. The van der Waals surface area contributed by atoms with Gasteiger partial charge in [0.2, 0.25) is 5.95 Å². The zero-order valence-electron chi connectivity index (χ0n) is 13.6. The topological polar surface area (TPSA) is 117 Å². The largest absolute Gasteiger partial charge is 0.360 e. The molecule has 0 atom stereocenters. The van der Waals surface area contributed by atoms with Gasteiger partial charge in [0.05, 0.1) is 11.3 Å². The van der Waals surface area contributed by atoms with E-state index in [0.717, 1.165) is 0 Å². The van der Waals surface area contributed by atoms with Gasteiger partial charge in [-0.1, -0.05) is 17.3 Å². The highest BCUT2D eigenvalue weighted by Gasteiger charge is 2.13. The number of aryl methyl sites for hydroxylation is 2. The fourth-order valence-electron chi connectivity index (χ4n) is 2.16. The predicted octanol–water partition coefficient (Wildman–Crippen LogP) is 2.95. The molecule has 2 heterocycles. The predicted molar refractivity (Wildman–Crippen MR) is 90.4 cm³/mol. The van der Waals surface area contributed by atoms with E-state index in [2.05, 4.69) is 31.8 Å². The Hall–Kier alpha value is -3.73. The van der Waals surface area contributed by atoms with E-state index in [9.17, 15) is 4.79 Å². The van der Waals surface area contributed by atoms with Crippen molar-refractivity contribution in [1.82, 2.24) is 15.1 Å². The smallest absolute Gasteiger partial charge is 0.275 e. The molecule has 0 aliphatic heterocycles. The highest BCUT2D eigenvalue weighted by atomic mass is 16.5. The molecule has 0 saturated heterocycles. The number of nitrogens with one attached hydrogen (secondary N) is 2. The van der Waals surface area contributed by atoms with Crippen LogP contribution >= 0.6 is 0 Å². The quantitative estimate of drug-likeness (QED) is 0.753. The summed E-state index contributed by atoms with van der Waals surface area (Å²) in [6.45, 7) is 3.48. The second-order valence-corrected chi connectivity index (χ2v) is 5.28. The molecular formula is C17H14N6O2. The van der Waals surface area contributed by atoms with Gasteiger partial charge in [-0.25, -0.2) is 9.97 Å². The van der Waals surface area contributed by atoms with Crippen molar-refractivity contribution in [2.75, 3.05) is 10.6 Å². The third kappa shape index (κ3) is 3.79. The van der Waals surface area contributed by atoms with Crippen LogP contribution in [-0.4, -0.2) is 21.0 Å². The Bertz CT molecular complexity index is 973. The van der Waals surface area contributed by atoms with Gasteiger partial charge in [-0.3, -0.25) is 4.79 Å². The molecule has 3 aromatic rings. The molecule has 8 nitrogen and oxygen atoms in total. The van der Waals surface area contributed by atoms with Crippen LogP contribution < -0.4 is 10.6 Å². The van der Waals surface area contributed by atoms with Crippen molar-refractivity contribution >= 4 is 23.4 Å². The molecule has 8 heteroatoms. The zero-order valence-corrected chi connectivity index (χ0v) is 13.6. The number of nitrogens with zero attached hydrogens (tertiary/aromatic N) is 4. The Morgan fingerprint density at radius 3 is 2.72 bits per heavy atom. The fourth-order valence-corrected chi connectivity index (χ4v) is 2.16. The van der Waals surface area contributed by atoms with Crippen LogP contribution in [0.5, 0.6) is 0 Å². The molecule has 2 N–H and O–H groups in total. The number of hydrogen-bond acceptors (Lipinski definition) is 7. The fraction of sp³-hybridized carbons (Fsp3) is 0.118. The molecule has 0 unspecified atom stereocenters. The minimum Gasteiger partial charge on any atom is -0.360 e. The summed E-state index contributed by atoms with van der Waals surface area (Å²) in [7, 11) is 0. The minimum absolute atomic E-state index is 0.171. The van der Waals surface area contributed by atoms with Crippen LogP contribution in [0, 0.1) is 25.2 Å². The lowest BCUT2D eigenvalue weighted by Crippen LogP contribution is -2.15. The Morgan fingerprint density at radius 2 is 2.00 bits per heavy atom. The number of anilines is 3. The summed E-state index contributed by atoms with van der Waals surface area (Å²) in [5.41, 5.74) is 1.80. The van der Waals surface area contributed by atoms with Gasteiger partial charge in [0, 0.05) is 11.8 Å². The number of carbonyl (C=O) groups excluding carboxylic acids is 1. The van der Waals surface area contributed by atoms with Crippen LogP contribution in [0.4, 0.5) is 17.5 Å². The third-order valence-corrected chi connectivity index (χ3v) is 3.25. The van der Waals surface area contributed by atoms with E-state index in [1.54, 1.807) is 50.2 Å². The first-order chi connectivity index (χ1) is 12.0. The maximum Gasteiger partial charge on any atom is 0.275 e. The molecule has 0 bridgehead atoms. The van der Waals surface area contributed by atoms with Crippen molar-refractivity contribution in [3.8, 4) is 6.07 Å². The lowest BCUT2D eigenvalue weighted by molar-refractivity contribution is 0.102. The number of amides is 1. The van der Waals surface area contributed by atoms with Crippen LogP contribution in [0.15, 0.2) is 40.9 Å². The van der Waals surface area contributed by atoms with Crippen LogP contribution in [0.25, 0.3) is 0 Å². The highest BCUT2D eigenvalue weighted by molar-refractivity contribution is 6.02. The molecule has 1 aromatic carbocycles. The van der Waals surface area contributed by atoms with Gasteiger partial charge in [-0.05, 0) is 32.0 Å². The molecule has 25 heavy (non-hydrogen) atoms. The zero-order chi connectivity index (χ0) is 17.8. The van der Waals surface area contributed by atoms with Crippen molar-refractivity contribution in [3.63, 3.8) is 0 Å². The number of hydrogen-bond donors (Lipinski definition) is 2. The maximum atomic E-state index is 12.3. The Kier molecular flexibility index (Phi) is 4.39. The SMILES string of the molecule is Cc1cc(C(=O)Nc2cc(C)on2)nc(Nc2ccccc2C#N)n1. The van der Waals surface area contributed by atoms with Crippen LogP contribution in [0.2, 0.25) is 0 Å². The normalized spacial score (nSPS) is 10.1. The lowest BCUT2D eigenvalue weighted by Gasteiger charge is -2.09. The second-order valence-electron chi connectivity index (χ2n) is 5.28. The summed E-state index contributed by atoms with van der Waals surface area (Å²) >= 11 is 0. The van der Waals surface area contributed by atoms with Crippen molar-refractivity contribution in [2.24, 2.45) is 0 Å². The standard InChI is InChI=1S/C17H14N6O2/c1-10-7-14(16(24)22-15-8-11(2)25-23-15)21-17(19-10)20-13-6-4-3-5-12(13)9-18/h3-8H,1-2H3,(H,19,20,21)(H,22,23,24). The number of carbonyl (C=O) groups is 1.